The summed E-state index contributed by atoms with van der Waals surface area (Å²) in [5.41, 5.74) is 2.27. The lowest BCUT2D eigenvalue weighted by molar-refractivity contribution is -0.490. The molecule has 2 aromatic rings. The van der Waals surface area contributed by atoms with Gasteiger partial charge in [0.2, 0.25) is 6.54 Å². The highest BCUT2D eigenvalue weighted by Crippen LogP contribution is 2.27. The highest BCUT2D eigenvalue weighted by molar-refractivity contribution is 6.62. The maximum atomic E-state index is 10.7. The van der Waals surface area contributed by atoms with E-state index in [1.54, 1.807) is 18.2 Å². The van der Waals surface area contributed by atoms with Crippen molar-refractivity contribution in [3.63, 3.8) is 0 Å². The summed E-state index contributed by atoms with van der Waals surface area (Å²) < 4.78 is 11.0. The van der Waals surface area contributed by atoms with E-state index in [2.05, 4.69) is 0 Å². The van der Waals surface area contributed by atoms with Crippen molar-refractivity contribution in [3.05, 3.63) is 69.8 Å². The predicted octanol–water partition coefficient (Wildman–Crippen LogP) is 1.34. The van der Waals surface area contributed by atoms with Gasteiger partial charge in [-0.1, -0.05) is 42.5 Å². The molecule has 1 atom stereocenters. The van der Waals surface area contributed by atoms with Crippen molar-refractivity contribution in [1.82, 2.24) is 0 Å². The van der Waals surface area contributed by atoms with Crippen LogP contribution in [0.1, 0.15) is 17.2 Å². The summed E-state index contributed by atoms with van der Waals surface area (Å²) in [4.78, 5) is 10.2. The molecular formula is C16H16BNO5. The predicted molar refractivity (Wildman–Crippen MR) is 85.4 cm³/mol. The third-order valence-corrected chi connectivity index (χ3v) is 3.79. The van der Waals surface area contributed by atoms with Crippen molar-refractivity contribution in [3.8, 4) is 5.75 Å². The van der Waals surface area contributed by atoms with Gasteiger partial charge in [-0.15, -0.1) is 0 Å². The van der Waals surface area contributed by atoms with Gasteiger partial charge in [0.1, 0.15) is 11.9 Å². The molecule has 0 amide bonds. The fourth-order valence-electron chi connectivity index (χ4n) is 2.73. The van der Waals surface area contributed by atoms with Gasteiger partial charge in [-0.05, 0) is 17.2 Å². The number of nitro groups is 1. The zero-order chi connectivity index (χ0) is 16.2. The molecule has 0 saturated heterocycles. The van der Waals surface area contributed by atoms with Crippen LogP contribution in [-0.2, 0) is 11.1 Å². The molecule has 0 bridgehead atoms. The van der Waals surface area contributed by atoms with Crippen molar-refractivity contribution in [2.45, 2.75) is 12.5 Å². The minimum absolute atomic E-state index is 0.377. The Labute approximate surface area is 134 Å². The molecule has 0 aromatic heterocycles. The summed E-state index contributed by atoms with van der Waals surface area (Å²) in [6.07, 6.45) is -0.00700. The fraction of sp³-hybridized carbons (Fsp3) is 0.250. The number of fused-ring (bicyclic) bond motifs is 1. The van der Waals surface area contributed by atoms with Crippen LogP contribution in [0.25, 0.3) is 0 Å². The molecule has 0 saturated carbocycles. The van der Waals surface area contributed by atoms with E-state index in [4.69, 9.17) is 9.39 Å². The first-order chi connectivity index (χ1) is 11.1. The lowest BCUT2D eigenvalue weighted by Gasteiger charge is -2.11. The van der Waals surface area contributed by atoms with Crippen molar-refractivity contribution in [2.24, 2.45) is 0 Å². The van der Waals surface area contributed by atoms with E-state index in [0.717, 1.165) is 12.0 Å². The molecular weight excluding hydrogens is 297 g/mol. The molecule has 23 heavy (non-hydrogen) atoms. The summed E-state index contributed by atoms with van der Waals surface area (Å²) >= 11 is 0. The third-order valence-electron chi connectivity index (χ3n) is 3.79. The first kappa shape index (κ1) is 15.5. The Kier molecular flexibility index (Phi) is 4.59. The normalized spacial score (nSPS) is 16.2. The second-order valence-electron chi connectivity index (χ2n) is 5.34. The Morgan fingerprint density at radius 2 is 2.00 bits per heavy atom. The van der Waals surface area contributed by atoms with Gasteiger partial charge in [-0.2, -0.15) is 0 Å². The summed E-state index contributed by atoms with van der Waals surface area (Å²) in [5.74, 6) is 0.511. The summed E-state index contributed by atoms with van der Waals surface area (Å²) in [6.45, 7) is 0.0740. The summed E-state index contributed by atoms with van der Waals surface area (Å²) in [5, 5.41) is 20.7. The Hall–Kier alpha value is -2.38. The average Bonchev–Trinajstić information content (AvgIpc) is 2.85. The monoisotopic (exact) mass is 313 g/mol. The summed E-state index contributed by atoms with van der Waals surface area (Å²) in [7, 11) is -1.19. The van der Waals surface area contributed by atoms with Crippen LogP contribution in [0.5, 0.6) is 5.75 Å². The van der Waals surface area contributed by atoms with Crippen molar-refractivity contribution in [2.75, 3.05) is 13.2 Å². The Morgan fingerprint density at radius 3 is 2.74 bits per heavy atom. The van der Waals surface area contributed by atoms with Crippen molar-refractivity contribution >= 4 is 12.6 Å². The molecule has 7 heteroatoms. The highest BCUT2D eigenvalue weighted by atomic mass is 16.6. The molecule has 1 aliphatic heterocycles. The van der Waals surface area contributed by atoms with E-state index in [9.17, 15) is 15.1 Å². The van der Waals surface area contributed by atoms with Crippen LogP contribution in [0, 0.1) is 10.1 Å². The van der Waals surface area contributed by atoms with Crippen LogP contribution in [0.15, 0.2) is 48.5 Å². The maximum absolute atomic E-state index is 10.7. The van der Waals surface area contributed by atoms with Gasteiger partial charge in [-0.3, -0.25) is 10.1 Å². The molecule has 1 aliphatic rings. The minimum atomic E-state index is -1.19. The average molecular weight is 313 g/mol. The Bertz CT molecular complexity index is 694. The van der Waals surface area contributed by atoms with E-state index < -0.39 is 18.1 Å². The standard InChI is InChI=1S/C16H16BNO5/c19-17-16-13(15(23-17)11-18(20)21)7-4-8-14(16)22-10-9-12-5-2-1-3-6-12/h1-8,15,19H,9-11H2. The van der Waals surface area contributed by atoms with Crippen LogP contribution in [0.3, 0.4) is 0 Å². The number of nitrogens with zero attached hydrogens (tertiary/aromatic N) is 1. The molecule has 2 aromatic carbocycles. The number of rotatable bonds is 6. The van der Waals surface area contributed by atoms with E-state index >= 15 is 0 Å². The zero-order valence-corrected chi connectivity index (χ0v) is 12.4. The van der Waals surface area contributed by atoms with Crippen LogP contribution in [0.2, 0.25) is 0 Å². The van der Waals surface area contributed by atoms with Crippen LogP contribution in [-0.4, -0.2) is 30.2 Å². The van der Waals surface area contributed by atoms with Gasteiger partial charge in [0.05, 0.1) is 6.61 Å². The van der Waals surface area contributed by atoms with Gasteiger partial charge < -0.3 is 14.4 Å². The lowest BCUT2D eigenvalue weighted by atomic mass is 9.78. The van der Waals surface area contributed by atoms with E-state index in [1.165, 1.54) is 0 Å². The largest absolute Gasteiger partial charge is 0.496 e. The number of ether oxygens (including phenoxy) is 1. The second-order valence-corrected chi connectivity index (χ2v) is 5.34. The van der Waals surface area contributed by atoms with Crippen LogP contribution >= 0.6 is 0 Å². The van der Waals surface area contributed by atoms with Gasteiger partial charge in [0.25, 0.3) is 0 Å². The van der Waals surface area contributed by atoms with Crippen molar-refractivity contribution in [1.29, 1.82) is 0 Å². The molecule has 6 nitrogen and oxygen atoms in total. The van der Waals surface area contributed by atoms with Gasteiger partial charge in [0.15, 0.2) is 0 Å². The molecule has 0 spiro atoms. The van der Waals surface area contributed by atoms with Gasteiger partial charge in [-0.25, -0.2) is 0 Å². The molecule has 118 valence electrons. The third kappa shape index (κ3) is 3.52. The Balaban J connectivity index is 1.71. The zero-order valence-electron chi connectivity index (χ0n) is 12.4. The molecule has 0 aliphatic carbocycles. The topological polar surface area (TPSA) is 81.8 Å². The fourth-order valence-corrected chi connectivity index (χ4v) is 2.73. The van der Waals surface area contributed by atoms with E-state index in [-0.39, 0.29) is 6.54 Å². The molecule has 0 fully saturated rings. The van der Waals surface area contributed by atoms with Crippen molar-refractivity contribution < 1.29 is 19.3 Å². The molecule has 1 unspecified atom stereocenters. The van der Waals surface area contributed by atoms with Gasteiger partial charge in [0, 0.05) is 16.8 Å². The Morgan fingerprint density at radius 1 is 1.22 bits per heavy atom. The van der Waals surface area contributed by atoms with E-state index in [1.807, 2.05) is 30.3 Å². The quantitative estimate of drug-likeness (QED) is 0.494. The lowest BCUT2D eigenvalue weighted by Crippen LogP contribution is -2.30. The maximum Gasteiger partial charge on any atom is 0.496 e. The second kappa shape index (κ2) is 6.81. The summed E-state index contributed by atoms with van der Waals surface area (Å²) in [6, 6.07) is 15.1. The first-order valence-corrected chi connectivity index (χ1v) is 7.40. The number of hydrogen-bond acceptors (Lipinski definition) is 5. The van der Waals surface area contributed by atoms with Crippen LogP contribution in [0.4, 0.5) is 0 Å². The minimum Gasteiger partial charge on any atom is -0.494 e. The highest BCUT2D eigenvalue weighted by Gasteiger charge is 2.40. The molecule has 1 N–H and O–H groups in total. The number of hydrogen-bond donors (Lipinski definition) is 1. The SMILES string of the molecule is O=[N+]([O-])CC1OB(O)c2c(OCCc3ccccc3)cccc21. The smallest absolute Gasteiger partial charge is 0.494 e. The van der Waals surface area contributed by atoms with E-state index in [0.29, 0.717) is 23.4 Å². The molecule has 3 rings (SSSR count). The number of benzene rings is 2. The first-order valence-electron chi connectivity index (χ1n) is 7.40. The van der Waals surface area contributed by atoms with Gasteiger partial charge >= 0.3 is 7.12 Å². The molecule has 1 heterocycles. The van der Waals surface area contributed by atoms with Crippen LogP contribution < -0.4 is 10.2 Å². The molecule has 0 radical (unpaired) electrons.